The molecule has 1 heterocycles. The van der Waals surface area contributed by atoms with E-state index in [0.29, 0.717) is 5.41 Å². The Morgan fingerprint density at radius 2 is 1.77 bits per heavy atom. The van der Waals surface area contributed by atoms with Gasteiger partial charge in [-0.15, -0.1) is 0 Å². The lowest BCUT2D eigenvalue weighted by Gasteiger charge is -2.30. The molecule has 1 atom stereocenters. The van der Waals surface area contributed by atoms with Crippen molar-refractivity contribution in [1.29, 1.82) is 0 Å². The lowest BCUT2D eigenvalue weighted by atomic mass is 9.92. The van der Waals surface area contributed by atoms with E-state index in [0.717, 1.165) is 31.8 Å². The lowest BCUT2D eigenvalue weighted by Crippen LogP contribution is -2.38. The van der Waals surface area contributed by atoms with Crippen LogP contribution in [-0.2, 0) is 10.0 Å². The van der Waals surface area contributed by atoms with Gasteiger partial charge in [0.1, 0.15) is 0 Å². The Bertz CT molecular complexity index is 302. The first-order valence-electron chi connectivity index (χ1n) is 4.89. The Hall–Kier alpha value is -0.0900. The number of hydrogen-bond donors (Lipinski definition) is 0. The second-order valence-electron chi connectivity index (χ2n) is 4.63. The molecule has 4 heteroatoms. The van der Waals surface area contributed by atoms with E-state index in [-0.39, 0.29) is 0 Å². The Morgan fingerprint density at radius 3 is 2.08 bits per heavy atom. The smallest absolute Gasteiger partial charge is 0.211 e. The third-order valence-corrected chi connectivity index (χ3v) is 5.09. The van der Waals surface area contributed by atoms with Gasteiger partial charge in [-0.3, -0.25) is 0 Å². The minimum Gasteiger partial charge on any atom is -0.213 e. The van der Waals surface area contributed by atoms with Crippen molar-refractivity contribution in [3.8, 4) is 0 Å². The summed E-state index contributed by atoms with van der Waals surface area (Å²) in [5.41, 5.74) is 0.529. The number of hydrogen-bond acceptors (Lipinski definition) is 2. The molecule has 0 radical (unpaired) electrons. The molecule has 2 aliphatic rings. The number of nitrogens with zero attached hydrogens (tertiary/aromatic N) is 1. The Balaban J connectivity index is 1.98. The van der Waals surface area contributed by atoms with Crippen LogP contribution in [-0.4, -0.2) is 32.1 Å². The van der Waals surface area contributed by atoms with Gasteiger partial charge < -0.3 is 0 Å². The third-order valence-electron chi connectivity index (χ3n) is 3.79. The Kier molecular flexibility index (Phi) is 1.97. The molecular formula is C9H17NO2S. The number of rotatable bonds is 1. The highest BCUT2D eigenvalue weighted by molar-refractivity contribution is 7.88. The average molecular weight is 203 g/mol. The molecule has 1 saturated heterocycles. The van der Waals surface area contributed by atoms with E-state index in [4.69, 9.17) is 0 Å². The van der Waals surface area contributed by atoms with Crippen LogP contribution in [0.3, 0.4) is 0 Å². The molecule has 76 valence electrons. The zero-order valence-corrected chi connectivity index (χ0v) is 9.10. The van der Waals surface area contributed by atoms with E-state index in [9.17, 15) is 8.42 Å². The molecular weight excluding hydrogens is 186 g/mol. The molecule has 3 nitrogen and oxygen atoms in total. The number of piperidine rings is 1. The molecule has 1 unspecified atom stereocenters. The molecule has 1 aliphatic heterocycles. The maximum Gasteiger partial charge on any atom is 0.211 e. The summed E-state index contributed by atoms with van der Waals surface area (Å²) < 4.78 is 24.1. The van der Waals surface area contributed by atoms with Crippen molar-refractivity contribution in [3.63, 3.8) is 0 Å². The van der Waals surface area contributed by atoms with Gasteiger partial charge in [0, 0.05) is 13.1 Å². The molecule has 1 spiro atoms. The second-order valence-corrected chi connectivity index (χ2v) is 6.61. The van der Waals surface area contributed by atoms with Crippen molar-refractivity contribution in [1.82, 2.24) is 4.31 Å². The van der Waals surface area contributed by atoms with E-state index in [1.165, 1.54) is 12.7 Å². The van der Waals surface area contributed by atoms with Gasteiger partial charge in [0.15, 0.2) is 0 Å². The predicted molar refractivity (Wildman–Crippen MR) is 51.9 cm³/mol. The molecule has 0 aromatic carbocycles. The van der Waals surface area contributed by atoms with Crippen LogP contribution in [0.1, 0.15) is 26.2 Å². The predicted octanol–water partition coefficient (Wildman–Crippen LogP) is 1.07. The van der Waals surface area contributed by atoms with Gasteiger partial charge in [-0.25, -0.2) is 12.7 Å². The summed E-state index contributed by atoms with van der Waals surface area (Å²) in [5, 5.41) is 0. The van der Waals surface area contributed by atoms with Crippen LogP contribution in [0, 0.1) is 11.3 Å². The fourth-order valence-electron chi connectivity index (χ4n) is 2.51. The largest absolute Gasteiger partial charge is 0.213 e. The molecule has 1 saturated carbocycles. The third kappa shape index (κ3) is 1.62. The molecule has 13 heavy (non-hydrogen) atoms. The molecule has 0 N–H and O–H groups in total. The zero-order valence-electron chi connectivity index (χ0n) is 8.28. The fourth-order valence-corrected chi connectivity index (χ4v) is 3.36. The van der Waals surface area contributed by atoms with Crippen LogP contribution in [0.5, 0.6) is 0 Å². The summed E-state index contributed by atoms with van der Waals surface area (Å²) in [7, 11) is -2.93. The summed E-state index contributed by atoms with van der Waals surface area (Å²) in [4.78, 5) is 0. The summed E-state index contributed by atoms with van der Waals surface area (Å²) in [6.07, 6.45) is 4.76. The highest BCUT2D eigenvalue weighted by atomic mass is 32.2. The number of sulfonamides is 1. The Labute approximate surface area is 80.2 Å². The van der Waals surface area contributed by atoms with Crippen molar-refractivity contribution >= 4 is 10.0 Å². The minimum absolute atomic E-state index is 0.529. The van der Waals surface area contributed by atoms with Crippen molar-refractivity contribution in [2.75, 3.05) is 19.3 Å². The van der Waals surface area contributed by atoms with E-state index in [1.807, 2.05) is 0 Å². The first-order chi connectivity index (χ1) is 5.94. The summed E-state index contributed by atoms with van der Waals surface area (Å²) in [6.45, 7) is 3.75. The normalized spacial score (nSPS) is 33.5. The highest BCUT2D eigenvalue weighted by Gasteiger charge is 2.52. The van der Waals surface area contributed by atoms with Crippen molar-refractivity contribution in [3.05, 3.63) is 0 Å². The quantitative estimate of drug-likeness (QED) is 0.639. The minimum atomic E-state index is -2.93. The van der Waals surface area contributed by atoms with E-state index >= 15 is 0 Å². The van der Waals surface area contributed by atoms with Crippen LogP contribution in [0.4, 0.5) is 0 Å². The SMILES string of the molecule is CC1CC12CCN(S(C)(=O)=O)CC2. The van der Waals surface area contributed by atoms with E-state index < -0.39 is 10.0 Å². The molecule has 2 fully saturated rings. The molecule has 1 aliphatic carbocycles. The molecule has 0 aromatic heterocycles. The molecule has 0 amide bonds. The molecule has 0 bridgehead atoms. The first kappa shape index (κ1) is 9.46. The van der Waals surface area contributed by atoms with Gasteiger partial charge in [-0.05, 0) is 30.6 Å². The Morgan fingerprint density at radius 1 is 1.31 bits per heavy atom. The van der Waals surface area contributed by atoms with Gasteiger partial charge >= 0.3 is 0 Å². The lowest BCUT2D eigenvalue weighted by molar-refractivity contribution is 0.245. The standard InChI is InChI=1S/C9H17NO2S/c1-8-7-9(8)3-5-10(6-4-9)13(2,11)12/h8H,3-7H2,1-2H3. The van der Waals surface area contributed by atoms with Crippen molar-refractivity contribution < 1.29 is 8.42 Å². The molecule has 0 aromatic rings. The van der Waals surface area contributed by atoms with Gasteiger partial charge in [-0.1, -0.05) is 6.92 Å². The van der Waals surface area contributed by atoms with E-state index in [2.05, 4.69) is 6.92 Å². The second kappa shape index (κ2) is 2.70. The summed E-state index contributed by atoms with van der Waals surface area (Å²) in [6, 6.07) is 0. The van der Waals surface area contributed by atoms with Crippen LogP contribution in [0.2, 0.25) is 0 Å². The van der Waals surface area contributed by atoms with Gasteiger partial charge in [0.25, 0.3) is 0 Å². The van der Waals surface area contributed by atoms with Crippen molar-refractivity contribution in [2.45, 2.75) is 26.2 Å². The maximum atomic E-state index is 11.2. The topological polar surface area (TPSA) is 37.4 Å². The first-order valence-corrected chi connectivity index (χ1v) is 6.74. The van der Waals surface area contributed by atoms with Crippen molar-refractivity contribution in [2.24, 2.45) is 11.3 Å². The maximum absolute atomic E-state index is 11.2. The average Bonchev–Trinajstić information content (AvgIpc) is 2.60. The molecule has 2 rings (SSSR count). The van der Waals surface area contributed by atoms with Crippen LogP contribution in [0.25, 0.3) is 0 Å². The van der Waals surface area contributed by atoms with Crippen LogP contribution < -0.4 is 0 Å². The fraction of sp³-hybridized carbons (Fsp3) is 1.00. The van der Waals surface area contributed by atoms with Gasteiger partial charge in [0.05, 0.1) is 6.26 Å². The zero-order chi connectivity index (χ0) is 9.69. The summed E-state index contributed by atoms with van der Waals surface area (Å²) in [5.74, 6) is 0.828. The monoisotopic (exact) mass is 203 g/mol. The van der Waals surface area contributed by atoms with Gasteiger partial charge in [0.2, 0.25) is 10.0 Å². The highest BCUT2D eigenvalue weighted by Crippen LogP contribution is 2.59. The van der Waals surface area contributed by atoms with Crippen LogP contribution in [0.15, 0.2) is 0 Å². The van der Waals surface area contributed by atoms with E-state index in [1.54, 1.807) is 4.31 Å². The summed E-state index contributed by atoms with van der Waals surface area (Å²) >= 11 is 0. The van der Waals surface area contributed by atoms with Gasteiger partial charge in [-0.2, -0.15) is 0 Å². The van der Waals surface area contributed by atoms with Crippen LogP contribution >= 0.6 is 0 Å².